The van der Waals surface area contributed by atoms with E-state index >= 15 is 0 Å². The van der Waals surface area contributed by atoms with Crippen molar-refractivity contribution in [1.82, 2.24) is 0 Å². The van der Waals surface area contributed by atoms with Gasteiger partial charge in [-0.2, -0.15) is 0 Å². The summed E-state index contributed by atoms with van der Waals surface area (Å²) in [5.74, 6) is 0.0664. The number of rotatable bonds is 5. The molecule has 0 saturated carbocycles. The minimum Gasteiger partial charge on any atom is -0.359 e. The largest absolute Gasteiger partial charge is 0.359 e. The second kappa shape index (κ2) is 7.55. The number of aryl methyl sites for hydroxylation is 1. The Bertz CT molecular complexity index is 1020. The summed E-state index contributed by atoms with van der Waals surface area (Å²) in [5, 5.41) is 0.705. The second-order valence-corrected chi connectivity index (χ2v) is 8.65. The molecule has 3 nitrogen and oxygen atoms in total. The van der Waals surface area contributed by atoms with Gasteiger partial charge >= 0.3 is 0 Å². The minimum atomic E-state index is -0.778. The number of fused-ring (bicyclic) bond motifs is 2. The zero-order valence-electron chi connectivity index (χ0n) is 17.0. The maximum atomic E-state index is 13.4. The molecule has 150 valence electrons. The minimum absolute atomic E-state index is 0.0106. The molecule has 0 amide bonds. The number of ketones is 2. The van der Waals surface area contributed by atoms with Gasteiger partial charge < -0.3 is 4.74 Å². The summed E-state index contributed by atoms with van der Waals surface area (Å²) in [5.41, 5.74) is 4.99. The smallest absolute Gasteiger partial charge is 0.195 e. The molecule has 2 heterocycles. The zero-order chi connectivity index (χ0) is 20.8. The molecule has 2 aliphatic rings. The molecule has 0 unspecified atom stereocenters. The van der Waals surface area contributed by atoms with Crippen LogP contribution in [0.4, 0.5) is 0 Å². The molecule has 0 aliphatic carbocycles. The molecule has 4 rings (SSSR count). The van der Waals surface area contributed by atoms with Crippen molar-refractivity contribution in [2.75, 3.05) is 0 Å². The Morgan fingerprint density at radius 2 is 1.86 bits per heavy atom. The lowest BCUT2D eigenvalue weighted by atomic mass is 9.82. The van der Waals surface area contributed by atoms with Crippen molar-refractivity contribution in [2.24, 2.45) is 0 Å². The van der Waals surface area contributed by atoms with E-state index in [4.69, 9.17) is 16.3 Å². The fourth-order valence-electron chi connectivity index (χ4n) is 4.54. The Hall–Kier alpha value is -2.23. The summed E-state index contributed by atoms with van der Waals surface area (Å²) >= 11 is 6.02. The van der Waals surface area contributed by atoms with E-state index in [0.717, 1.165) is 40.7 Å². The molecule has 29 heavy (non-hydrogen) atoms. The van der Waals surface area contributed by atoms with E-state index in [9.17, 15) is 9.59 Å². The van der Waals surface area contributed by atoms with Gasteiger partial charge in [0.25, 0.3) is 0 Å². The molecule has 0 N–H and O–H groups in total. The highest BCUT2D eigenvalue weighted by Gasteiger charge is 2.50. The van der Waals surface area contributed by atoms with E-state index in [0.29, 0.717) is 17.0 Å². The van der Waals surface area contributed by atoms with Crippen molar-refractivity contribution in [2.45, 2.75) is 58.2 Å². The van der Waals surface area contributed by atoms with E-state index in [1.165, 1.54) is 0 Å². The second-order valence-electron chi connectivity index (χ2n) is 8.22. The molecule has 2 bridgehead atoms. The maximum absolute atomic E-state index is 13.4. The van der Waals surface area contributed by atoms with Gasteiger partial charge in [0.05, 0.1) is 6.10 Å². The molecule has 2 aliphatic heterocycles. The van der Waals surface area contributed by atoms with Gasteiger partial charge in [0.1, 0.15) is 11.4 Å². The average molecular weight is 409 g/mol. The zero-order valence-corrected chi connectivity index (χ0v) is 17.8. The maximum Gasteiger partial charge on any atom is 0.195 e. The quantitative estimate of drug-likeness (QED) is 0.625. The van der Waals surface area contributed by atoms with E-state index < -0.39 is 5.60 Å². The van der Waals surface area contributed by atoms with Crippen LogP contribution in [0.2, 0.25) is 5.02 Å². The number of carbonyl (C=O) groups excluding carboxylic acids is 2. The SMILES string of the molecule is CCc1cc(-c2ccc(Cl)cc2)ccc1C1=C(CC(C)=O)[C@@H]2CC[C@@](C)(O2)C1=O. The highest BCUT2D eigenvalue weighted by Crippen LogP contribution is 2.46. The van der Waals surface area contributed by atoms with Crippen LogP contribution in [0, 0.1) is 0 Å². The lowest BCUT2D eigenvalue weighted by molar-refractivity contribution is -0.135. The molecule has 0 spiro atoms. The normalized spacial score (nSPS) is 23.6. The summed E-state index contributed by atoms with van der Waals surface area (Å²) in [6.45, 7) is 5.55. The first-order valence-electron chi connectivity index (χ1n) is 10.2. The van der Waals surface area contributed by atoms with Crippen molar-refractivity contribution in [3.8, 4) is 11.1 Å². The van der Waals surface area contributed by atoms with Crippen LogP contribution in [0.5, 0.6) is 0 Å². The highest BCUT2D eigenvalue weighted by atomic mass is 35.5. The van der Waals surface area contributed by atoms with Gasteiger partial charge in [0.15, 0.2) is 5.78 Å². The van der Waals surface area contributed by atoms with Crippen LogP contribution in [-0.2, 0) is 20.7 Å². The first-order chi connectivity index (χ1) is 13.8. The van der Waals surface area contributed by atoms with Crippen LogP contribution >= 0.6 is 11.6 Å². The third-order valence-electron chi connectivity index (χ3n) is 6.08. The fraction of sp³-hybridized carbons (Fsp3) is 0.360. The Labute approximate surface area is 176 Å². The first-order valence-corrected chi connectivity index (χ1v) is 10.5. The van der Waals surface area contributed by atoms with Crippen LogP contribution in [0.15, 0.2) is 48.0 Å². The van der Waals surface area contributed by atoms with Crippen LogP contribution in [0.3, 0.4) is 0 Å². The van der Waals surface area contributed by atoms with E-state index in [2.05, 4.69) is 13.0 Å². The number of hydrogen-bond donors (Lipinski definition) is 0. The Balaban J connectivity index is 1.86. The summed E-state index contributed by atoms with van der Waals surface area (Å²) < 4.78 is 6.07. The third-order valence-corrected chi connectivity index (χ3v) is 6.33. The number of halogens is 1. The molecular weight excluding hydrogens is 384 g/mol. The van der Waals surface area contributed by atoms with Crippen molar-refractivity contribution in [3.63, 3.8) is 0 Å². The van der Waals surface area contributed by atoms with Gasteiger partial charge in [-0.1, -0.05) is 48.9 Å². The van der Waals surface area contributed by atoms with Gasteiger partial charge in [-0.25, -0.2) is 0 Å². The lowest BCUT2D eigenvalue weighted by Gasteiger charge is -2.33. The molecule has 2 atom stereocenters. The number of benzene rings is 2. The van der Waals surface area contributed by atoms with E-state index in [-0.39, 0.29) is 24.1 Å². The average Bonchev–Trinajstić information content (AvgIpc) is 3.07. The number of carbonyl (C=O) groups is 2. The number of hydrogen-bond acceptors (Lipinski definition) is 3. The third kappa shape index (κ3) is 3.58. The van der Waals surface area contributed by atoms with Crippen LogP contribution in [0.25, 0.3) is 16.7 Å². The molecule has 0 aromatic heterocycles. The molecule has 2 aromatic rings. The van der Waals surface area contributed by atoms with Crippen LogP contribution in [-0.4, -0.2) is 23.3 Å². The van der Waals surface area contributed by atoms with Crippen molar-refractivity contribution in [1.29, 1.82) is 0 Å². The molecule has 1 fully saturated rings. The van der Waals surface area contributed by atoms with Crippen LogP contribution < -0.4 is 0 Å². The molecular formula is C25H25ClO3. The monoisotopic (exact) mass is 408 g/mol. The Morgan fingerprint density at radius 1 is 1.17 bits per heavy atom. The Morgan fingerprint density at radius 3 is 2.52 bits per heavy atom. The summed E-state index contributed by atoms with van der Waals surface area (Å²) in [7, 11) is 0. The molecule has 4 heteroatoms. The van der Waals surface area contributed by atoms with E-state index in [1.54, 1.807) is 6.92 Å². The topological polar surface area (TPSA) is 43.4 Å². The number of Topliss-reactive ketones (excluding diaryl/α,β-unsaturated/α-hetero) is 2. The van der Waals surface area contributed by atoms with E-state index in [1.807, 2.05) is 43.3 Å². The summed E-state index contributed by atoms with van der Waals surface area (Å²) in [6, 6.07) is 14.0. The standard InChI is InChI=1S/C25H25ClO3/c1-4-16-14-18(17-5-8-19(26)9-6-17)7-10-20(16)23-21(13-15(2)27)22-11-12-25(3,29-22)24(23)28/h5-10,14,22H,4,11-13H2,1-3H3/t22-,25+/m0/s1. The van der Waals surface area contributed by atoms with Gasteiger partial charge in [0, 0.05) is 17.0 Å². The highest BCUT2D eigenvalue weighted by molar-refractivity contribution is 6.30. The fourth-order valence-corrected chi connectivity index (χ4v) is 4.67. The summed E-state index contributed by atoms with van der Waals surface area (Å²) in [4.78, 5) is 25.4. The first kappa shape index (κ1) is 20.1. The molecule has 0 radical (unpaired) electrons. The Kier molecular flexibility index (Phi) is 5.22. The predicted octanol–water partition coefficient (Wildman–Crippen LogP) is 5.82. The summed E-state index contributed by atoms with van der Waals surface area (Å²) in [6.07, 6.45) is 2.41. The van der Waals surface area contributed by atoms with Crippen molar-refractivity contribution in [3.05, 3.63) is 64.2 Å². The van der Waals surface area contributed by atoms with Gasteiger partial charge in [-0.3, -0.25) is 9.59 Å². The lowest BCUT2D eigenvalue weighted by Crippen LogP contribution is -2.41. The predicted molar refractivity (Wildman–Crippen MR) is 116 cm³/mol. The molecule has 2 aromatic carbocycles. The number of ether oxygens (including phenoxy) is 1. The van der Waals surface area contributed by atoms with Crippen molar-refractivity contribution < 1.29 is 14.3 Å². The van der Waals surface area contributed by atoms with Crippen molar-refractivity contribution >= 4 is 28.7 Å². The molecule has 1 saturated heterocycles. The van der Waals surface area contributed by atoms with Gasteiger partial charge in [-0.05, 0) is 73.1 Å². The van der Waals surface area contributed by atoms with Gasteiger partial charge in [0.2, 0.25) is 0 Å². The van der Waals surface area contributed by atoms with Gasteiger partial charge in [-0.15, -0.1) is 0 Å². The van der Waals surface area contributed by atoms with Crippen LogP contribution in [0.1, 0.15) is 51.2 Å².